The van der Waals surface area contributed by atoms with Crippen LogP contribution in [0, 0.1) is 5.41 Å². The summed E-state index contributed by atoms with van der Waals surface area (Å²) in [5, 5.41) is 0. The summed E-state index contributed by atoms with van der Waals surface area (Å²) in [6.07, 6.45) is 9.92. The summed E-state index contributed by atoms with van der Waals surface area (Å²) in [7, 11) is 0. The smallest absolute Gasteiger partial charge is 0.0336 e. The molecule has 0 unspecified atom stereocenters. The van der Waals surface area contributed by atoms with E-state index in [4.69, 9.17) is 4.99 Å². The Morgan fingerprint density at radius 1 is 1.10 bits per heavy atom. The lowest BCUT2D eigenvalue weighted by Gasteiger charge is -2.25. The van der Waals surface area contributed by atoms with E-state index >= 15 is 0 Å². The van der Waals surface area contributed by atoms with Crippen LogP contribution in [0.3, 0.4) is 0 Å². The van der Waals surface area contributed by atoms with Crippen LogP contribution in [-0.4, -0.2) is 5.71 Å². The van der Waals surface area contributed by atoms with Crippen molar-refractivity contribution in [1.82, 2.24) is 0 Å². The molecule has 0 spiro atoms. The lowest BCUT2D eigenvalue weighted by molar-refractivity contribution is 0.514. The van der Waals surface area contributed by atoms with Crippen LogP contribution in [0.25, 0.3) is 0 Å². The van der Waals surface area contributed by atoms with Gasteiger partial charge in [0.1, 0.15) is 0 Å². The minimum absolute atomic E-state index is 0.156. The van der Waals surface area contributed by atoms with Gasteiger partial charge in [0, 0.05) is 23.2 Å². The van der Waals surface area contributed by atoms with Crippen molar-refractivity contribution in [2.45, 2.75) is 65.2 Å². The molecule has 0 amide bonds. The van der Waals surface area contributed by atoms with Gasteiger partial charge in [0.15, 0.2) is 0 Å². The van der Waals surface area contributed by atoms with Crippen molar-refractivity contribution in [3.63, 3.8) is 0 Å². The summed E-state index contributed by atoms with van der Waals surface area (Å²) in [5.74, 6) is 0.818. The van der Waals surface area contributed by atoms with Crippen LogP contribution in [0.1, 0.15) is 69.9 Å². The zero-order valence-electron chi connectivity index (χ0n) is 13.7. The standard InChI is InChI=1S/C20H27N/c1-15-8-13-19(21-15)20(2,3)14-16-9-11-18(12-10-16)17-6-4-5-7-17/h8-12,17H,4-7,13-14H2,1-3H3. The molecule has 1 saturated carbocycles. The molecule has 1 aromatic rings. The Balaban J connectivity index is 1.68. The SMILES string of the molecule is CC1=CCC(C(C)(C)Cc2ccc(C3CCCC3)cc2)=N1. The molecule has 3 rings (SSSR count). The zero-order valence-corrected chi connectivity index (χ0v) is 13.7. The van der Waals surface area contributed by atoms with E-state index in [0.717, 1.165) is 18.8 Å². The average molecular weight is 281 g/mol. The number of hydrogen-bond donors (Lipinski definition) is 0. The van der Waals surface area contributed by atoms with Gasteiger partial charge in [0.05, 0.1) is 0 Å². The second-order valence-corrected chi connectivity index (χ2v) is 7.39. The largest absolute Gasteiger partial charge is 0.262 e. The lowest BCUT2D eigenvalue weighted by Crippen LogP contribution is -2.25. The van der Waals surface area contributed by atoms with Crippen molar-refractivity contribution in [2.24, 2.45) is 10.4 Å². The van der Waals surface area contributed by atoms with E-state index in [9.17, 15) is 0 Å². The number of hydrogen-bond acceptors (Lipinski definition) is 1. The molecule has 0 saturated heterocycles. The Labute approximate surface area is 129 Å². The van der Waals surface area contributed by atoms with Crippen molar-refractivity contribution in [3.05, 3.63) is 47.2 Å². The fourth-order valence-electron chi connectivity index (χ4n) is 3.76. The third-order valence-electron chi connectivity index (χ3n) is 5.14. The molecule has 0 bridgehead atoms. The maximum Gasteiger partial charge on any atom is 0.0336 e. The van der Waals surface area contributed by atoms with E-state index in [1.807, 2.05) is 0 Å². The molecule has 0 N–H and O–H groups in total. The molecular formula is C20H27N. The van der Waals surface area contributed by atoms with E-state index in [2.05, 4.69) is 51.1 Å². The average Bonchev–Trinajstić information content (AvgIpc) is 3.10. The van der Waals surface area contributed by atoms with Gasteiger partial charge < -0.3 is 0 Å². The van der Waals surface area contributed by atoms with Crippen LogP contribution in [0.5, 0.6) is 0 Å². The number of benzene rings is 1. The van der Waals surface area contributed by atoms with Crippen molar-refractivity contribution in [2.75, 3.05) is 0 Å². The van der Waals surface area contributed by atoms with Gasteiger partial charge in [0.2, 0.25) is 0 Å². The second kappa shape index (κ2) is 5.79. The van der Waals surface area contributed by atoms with Crippen LogP contribution in [0.15, 0.2) is 41.0 Å². The highest BCUT2D eigenvalue weighted by molar-refractivity contribution is 5.93. The molecule has 0 atom stereocenters. The van der Waals surface area contributed by atoms with Crippen molar-refractivity contribution in [3.8, 4) is 0 Å². The second-order valence-electron chi connectivity index (χ2n) is 7.39. The van der Waals surface area contributed by atoms with Crippen LogP contribution in [-0.2, 0) is 6.42 Å². The van der Waals surface area contributed by atoms with Gasteiger partial charge in [-0.2, -0.15) is 0 Å². The Morgan fingerprint density at radius 2 is 1.76 bits per heavy atom. The van der Waals surface area contributed by atoms with Crippen molar-refractivity contribution < 1.29 is 0 Å². The minimum Gasteiger partial charge on any atom is -0.262 e. The molecule has 1 heteroatoms. The number of nitrogens with zero attached hydrogens (tertiary/aromatic N) is 1. The third-order valence-corrected chi connectivity index (χ3v) is 5.14. The summed E-state index contributed by atoms with van der Waals surface area (Å²) in [5.41, 5.74) is 5.65. The molecule has 1 heterocycles. The molecule has 2 aliphatic rings. The van der Waals surface area contributed by atoms with Gasteiger partial charge in [-0.25, -0.2) is 0 Å². The summed E-state index contributed by atoms with van der Waals surface area (Å²) in [6.45, 7) is 6.74. The quantitative estimate of drug-likeness (QED) is 0.675. The Hall–Kier alpha value is -1.37. The molecule has 1 fully saturated rings. The molecule has 1 aliphatic heterocycles. The number of aliphatic imine (C=N–C) groups is 1. The van der Waals surface area contributed by atoms with Crippen molar-refractivity contribution in [1.29, 1.82) is 0 Å². The first-order chi connectivity index (χ1) is 10.0. The number of allylic oxidation sites excluding steroid dienone is 2. The van der Waals surface area contributed by atoms with Gasteiger partial charge in [-0.3, -0.25) is 4.99 Å². The van der Waals surface area contributed by atoms with Gasteiger partial charge in [-0.15, -0.1) is 0 Å². The molecule has 0 aromatic heterocycles. The summed E-state index contributed by atoms with van der Waals surface area (Å²) >= 11 is 0. The van der Waals surface area contributed by atoms with Crippen LogP contribution >= 0.6 is 0 Å². The first kappa shape index (κ1) is 14.6. The predicted molar refractivity (Wildman–Crippen MR) is 90.9 cm³/mol. The topological polar surface area (TPSA) is 12.4 Å². The predicted octanol–water partition coefficient (Wildman–Crippen LogP) is 5.66. The Morgan fingerprint density at radius 3 is 2.33 bits per heavy atom. The van der Waals surface area contributed by atoms with Gasteiger partial charge in [-0.05, 0) is 43.2 Å². The summed E-state index contributed by atoms with van der Waals surface area (Å²) in [6, 6.07) is 9.40. The van der Waals surface area contributed by atoms with Crippen LogP contribution in [0.4, 0.5) is 0 Å². The first-order valence-corrected chi connectivity index (χ1v) is 8.38. The Kier molecular flexibility index (Phi) is 4.01. The maximum atomic E-state index is 4.71. The molecule has 21 heavy (non-hydrogen) atoms. The fourth-order valence-corrected chi connectivity index (χ4v) is 3.76. The lowest BCUT2D eigenvalue weighted by atomic mass is 9.80. The van der Waals surface area contributed by atoms with E-state index in [-0.39, 0.29) is 5.41 Å². The first-order valence-electron chi connectivity index (χ1n) is 8.38. The maximum absolute atomic E-state index is 4.71. The van der Waals surface area contributed by atoms with E-state index in [1.54, 1.807) is 5.56 Å². The molecule has 112 valence electrons. The molecule has 1 nitrogen and oxygen atoms in total. The molecule has 1 aliphatic carbocycles. The Bertz CT molecular complexity index is 554. The van der Waals surface area contributed by atoms with Crippen LogP contribution in [0.2, 0.25) is 0 Å². The fraction of sp³-hybridized carbons (Fsp3) is 0.550. The van der Waals surface area contributed by atoms with Crippen molar-refractivity contribution >= 4 is 5.71 Å². The highest BCUT2D eigenvalue weighted by Crippen LogP contribution is 2.35. The van der Waals surface area contributed by atoms with Gasteiger partial charge in [0.25, 0.3) is 0 Å². The van der Waals surface area contributed by atoms with E-state index in [1.165, 1.54) is 42.7 Å². The normalized spacial score (nSPS) is 19.8. The molecular weight excluding hydrogens is 254 g/mol. The highest BCUT2D eigenvalue weighted by atomic mass is 14.8. The van der Waals surface area contributed by atoms with E-state index in [0.29, 0.717) is 0 Å². The third kappa shape index (κ3) is 3.28. The molecule has 0 radical (unpaired) electrons. The molecule has 1 aromatic carbocycles. The van der Waals surface area contributed by atoms with Gasteiger partial charge in [-0.1, -0.05) is 57.0 Å². The zero-order chi connectivity index (χ0) is 14.9. The monoisotopic (exact) mass is 281 g/mol. The van der Waals surface area contributed by atoms with Crippen LogP contribution < -0.4 is 0 Å². The summed E-state index contributed by atoms with van der Waals surface area (Å²) in [4.78, 5) is 4.71. The minimum atomic E-state index is 0.156. The highest BCUT2D eigenvalue weighted by Gasteiger charge is 2.27. The van der Waals surface area contributed by atoms with Gasteiger partial charge >= 0.3 is 0 Å². The number of rotatable bonds is 4. The van der Waals surface area contributed by atoms with E-state index < -0.39 is 0 Å². The summed E-state index contributed by atoms with van der Waals surface area (Å²) < 4.78 is 0.